The highest BCUT2D eigenvalue weighted by atomic mass is 16.5. The van der Waals surface area contributed by atoms with Gasteiger partial charge in [-0.1, -0.05) is 6.07 Å². The fourth-order valence-corrected chi connectivity index (χ4v) is 2.78. The number of quaternary nitrogens is 1. The van der Waals surface area contributed by atoms with Gasteiger partial charge in [0, 0.05) is 11.8 Å². The van der Waals surface area contributed by atoms with Crippen LogP contribution in [0.3, 0.4) is 0 Å². The van der Waals surface area contributed by atoms with Crippen LogP contribution in [0.2, 0.25) is 0 Å². The Hall–Kier alpha value is -3.13. The smallest absolute Gasteiger partial charge is 0.279 e. The van der Waals surface area contributed by atoms with E-state index in [9.17, 15) is 4.79 Å². The van der Waals surface area contributed by atoms with Gasteiger partial charge < -0.3 is 23.8 Å². The first-order valence-electron chi connectivity index (χ1n) is 8.59. The van der Waals surface area contributed by atoms with E-state index in [-0.39, 0.29) is 12.5 Å². The first-order valence-corrected chi connectivity index (χ1v) is 8.59. The van der Waals surface area contributed by atoms with E-state index >= 15 is 0 Å². The van der Waals surface area contributed by atoms with Gasteiger partial charge in [0.1, 0.15) is 17.3 Å². The molecule has 8 heteroatoms. The summed E-state index contributed by atoms with van der Waals surface area (Å²) in [6.07, 6.45) is 0. The maximum atomic E-state index is 12.2. The molecule has 2 N–H and O–H groups in total. The van der Waals surface area contributed by atoms with Crippen LogP contribution < -0.4 is 15.0 Å². The number of methoxy groups -OCH3 is 1. The fourth-order valence-electron chi connectivity index (χ4n) is 2.78. The number of rotatable bonds is 7. The van der Waals surface area contributed by atoms with E-state index in [1.54, 1.807) is 13.2 Å². The molecule has 0 radical (unpaired) electrons. The van der Waals surface area contributed by atoms with E-state index in [0.29, 0.717) is 29.8 Å². The molecule has 0 bridgehead atoms. The van der Waals surface area contributed by atoms with Gasteiger partial charge in [-0.25, -0.2) is 0 Å². The van der Waals surface area contributed by atoms with Crippen molar-refractivity contribution < 1.29 is 23.3 Å². The van der Waals surface area contributed by atoms with Crippen molar-refractivity contribution in [3.63, 3.8) is 0 Å². The van der Waals surface area contributed by atoms with Crippen LogP contribution in [0.15, 0.2) is 39.2 Å². The zero-order chi connectivity index (χ0) is 19.4. The van der Waals surface area contributed by atoms with Crippen molar-refractivity contribution >= 4 is 11.6 Å². The number of aromatic nitrogens is 2. The van der Waals surface area contributed by atoms with E-state index in [2.05, 4.69) is 15.5 Å². The summed E-state index contributed by atoms with van der Waals surface area (Å²) >= 11 is 0. The number of hydrogen-bond donors (Lipinski definition) is 2. The normalized spacial score (nSPS) is 12.0. The van der Waals surface area contributed by atoms with E-state index in [0.717, 1.165) is 22.0 Å². The molecule has 0 aliphatic heterocycles. The minimum atomic E-state index is -0.109. The van der Waals surface area contributed by atoms with Crippen molar-refractivity contribution in [1.82, 2.24) is 10.2 Å². The van der Waals surface area contributed by atoms with Gasteiger partial charge in [0.2, 0.25) is 0 Å². The largest absolute Gasteiger partial charge is 0.497 e. The predicted molar refractivity (Wildman–Crippen MR) is 98.6 cm³/mol. The highest BCUT2D eigenvalue weighted by molar-refractivity contribution is 5.91. The molecule has 1 amide bonds. The van der Waals surface area contributed by atoms with Crippen molar-refractivity contribution in [1.29, 1.82) is 0 Å². The minimum Gasteiger partial charge on any atom is -0.497 e. The average molecular weight is 371 g/mol. The minimum absolute atomic E-state index is 0.109. The molecule has 0 spiro atoms. The average Bonchev–Trinajstić information content (AvgIpc) is 3.20. The lowest BCUT2D eigenvalue weighted by Gasteiger charge is -2.12. The fraction of sp³-hybridized carbons (Fsp3) is 0.316. The van der Waals surface area contributed by atoms with E-state index in [1.807, 2.05) is 45.2 Å². The van der Waals surface area contributed by atoms with Crippen LogP contribution >= 0.6 is 0 Å². The molecule has 1 atom stereocenters. The first kappa shape index (κ1) is 18.7. The Labute approximate surface area is 157 Å². The topological polar surface area (TPSA) is 94.8 Å². The van der Waals surface area contributed by atoms with Crippen molar-refractivity contribution in [3.05, 3.63) is 47.7 Å². The summed E-state index contributed by atoms with van der Waals surface area (Å²) in [6, 6.07) is 9.10. The van der Waals surface area contributed by atoms with Gasteiger partial charge in [0.25, 0.3) is 17.7 Å². The number of anilines is 1. The summed E-state index contributed by atoms with van der Waals surface area (Å²) in [4.78, 5) is 13.2. The summed E-state index contributed by atoms with van der Waals surface area (Å²) in [5, 5.41) is 11.0. The standard InChI is InChI=1S/C19H22N4O4/c1-12-8-16(13(2)26-12)19-22-21-18(27-19)11-23(3)10-17(24)20-14-6-5-7-15(9-14)25-4/h5-9H,10-11H2,1-4H3,(H,20,24)/p+1. The van der Waals surface area contributed by atoms with Gasteiger partial charge >= 0.3 is 0 Å². The molecule has 1 aromatic carbocycles. The lowest BCUT2D eigenvalue weighted by molar-refractivity contribution is -0.886. The van der Waals surface area contributed by atoms with Crippen LogP contribution in [0.25, 0.3) is 11.5 Å². The molecular formula is C19H23N4O4+. The molecule has 1 unspecified atom stereocenters. The van der Waals surface area contributed by atoms with Gasteiger partial charge in [0.05, 0.1) is 19.7 Å². The van der Waals surface area contributed by atoms with Gasteiger partial charge in [-0.3, -0.25) is 4.79 Å². The molecular weight excluding hydrogens is 348 g/mol. The van der Waals surface area contributed by atoms with Crippen LogP contribution in [0.4, 0.5) is 5.69 Å². The highest BCUT2D eigenvalue weighted by Gasteiger charge is 2.18. The zero-order valence-corrected chi connectivity index (χ0v) is 15.8. The van der Waals surface area contributed by atoms with Crippen LogP contribution in [-0.4, -0.2) is 36.8 Å². The molecule has 0 saturated heterocycles. The summed E-state index contributed by atoms with van der Waals surface area (Å²) in [5.74, 6) is 3.00. The number of nitrogens with zero attached hydrogens (tertiary/aromatic N) is 2. The number of likely N-dealkylation sites (N-methyl/N-ethyl adjacent to an activating group) is 1. The molecule has 8 nitrogen and oxygen atoms in total. The molecule has 3 aromatic rings. The zero-order valence-electron chi connectivity index (χ0n) is 15.8. The quantitative estimate of drug-likeness (QED) is 0.655. The molecule has 2 heterocycles. The molecule has 2 aromatic heterocycles. The maximum absolute atomic E-state index is 12.2. The van der Waals surface area contributed by atoms with Crippen molar-refractivity contribution in [2.24, 2.45) is 0 Å². The first-order chi connectivity index (χ1) is 12.9. The second-order valence-corrected chi connectivity index (χ2v) is 6.42. The number of ether oxygens (including phenoxy) is 1. The van der Waals surface area contributed by atoms with Gasteiger partial charge in [-0.15, -0.1) is 10.2 Å². The van der Waals surface area contributed by atoms with Crippen molar-refractivity contribution in [3.8, 4) is 17.2 Å². The second kappa shape index (κ2) is 8.05. The van der Waals surface area contributed by atoms with Gasteiger partial charge in [-0.2, -0.15) is 0 Å². The molecule has 3 rings (SSSR count). The number of nitrogens with one attached hydrogen (secondary N) is 2. The predicted octanol–water partition coefficient (Wildman–Crippen LogP) is 1.61. The summed E-state index contributed by atoms with van der Waals surface area (Å²) in [6.45, 7) is 4.42. The summed E-state index contributed by atoms with van der Waals surface area (Å²) < 4.78 is 16.4. The van der Waals surface area contributed by atoms with Crippen LogP contribution in [0, 0.1) is 13.8 Å². The monoisotopic (exact) mass is 371 g/mol. The van der Waals surface area contributed by atoms with Gasteiger partial charge in [-0.05, 0) is 32.0 Å². The molecule has 0 fully saturated rings. The number of hydrogen-bond acceptors (Lipinski definition) is 6. The molecule has 142 valence electrons. The maximum Gasteiger partial charge on any atom is 0.279 e. The number of benzene rings is 1. The second-order valence-electron chi connectivity index (χ2n) is 6.42. The molecule has 0 aliphatic rings. The third kappa shape index (κ3) is 4.73. The Kier molecular flexibility index (Phi) is 5.56. The van der Waals surface area contributed by atoms with Gasteiger partial charge in [0.15, 0.2) is 13.1 Å². The van der Waals surface area contributed by atoms with E-state index in [1.165, 1.54) is 0 Å². The summed E-state index contributed by atoms with van der Waals surface area (Å²) in [5.41, 5.74) is 1.48. The number of furan rings is 1. The van der Waals surface area contributed by atoms with Crippen LogP contribution in [-0.2, 0) is 11.3 Å². The lowest BCUT2D eigenvalue weighted by Crippen LogP contribution is -3.08. The molecule has 27 heavy (non-hydrogen) atoms. The third-order valence-corrected chi connectivity index (χ3v) is 4.01. The van der Waals surface area contributed by atoms with Crippen molar-refractivity contribution in [2.75, 3.05) is 26.0 Å². The Morgan fingerprint density at radius 2 is 2.04 bits per heavy atom. The lowest BCUT2D eigenvalue weighted by atomic mass is 10.2. The molecule has 0 aliphatic carbocycles. The SMILES string of the molecule is COc1cccc(NC(=O)C[NH+](C)Cc2nnc(-c3cc(C)oc3C)o2)c1. The third-order valence-electron chi connectivity index (χ3n) is 4.01. The Bertz CT molecular complexity index is 931. The molecule has 0 saturated carbocycles. The number of carbonyl (C=O) groups is 1. The van der Waals surface area contributed by atoms with Crippen LogP contribution in [0.1, 0.15) is 17.4 Å². The number of aryl methyl sites for hydroxylation is 2. The number of amides is 1. The van der Waals surface area contributed by atoms with E-state index in [4.69, 9.17) is 13.6 Å². The Balaban J connectivity index is 1.56. The number of carbonyl (C=O) groups excluding carboxylic acids is 1. The van der Waals surface area contributed by atoms with E-state index < -0.39 is 0 Å². The van der Waals surface area contributed by atoms with Crippen molar-refractivity contribution in [2.45, 2.75) is 20.4 Å². The van der Waals surface area contributed by atoms with Crippen LogP contribution in [0.5, 0.6) is 5.75 Å². The Morgan fingerprint density at radius 3 is 2.74 bits per heavy atom. The summed E-state index contributed by atoms with van der Waals surface area (Å²) in [7, 11) is 3.48. The highest BCUT2D eigenvalue weighted by Crippen LogP contribution is 2.25. The Morgan fingerprint density at radius 1 is 1.22 bits per heavy atom.